The lowest BCUT2D eigenvalue weighted by atomic mass is 10.0. The van der Waals surface area contributed by atoms with E-state index in [9.17, 15) is 18.3 Å². The maximum Gasteiger partial charge on any atom is 0.401 e. The molecule has 1 aromatic carbocycles. The molecule has 0 aliphatic rings. The lowest BCUT2D eigenvalue weighted by Gasteiger charge is -2.32. The van der Waals surface area contributed by atoms with Crippen LogP contribution < -0.4 is 0 Å². The van der Waals surface area contributed by atoms with E-state index in [-0.39, 0.29) is 0 Å². The van der Waals surface area contributed by atoms with Gasteiger partial charge in [-0.2, -0.15) is 13.2 Å². The van der Waals surface area contributed by atoms with Crippen molar-refractivity contribution in [1.82, 2.24) is 4.90 Å². The van der Waals surface area contributed by atoms with E-state index in [0.29, 0.717) is 18.5 Å². The lowest BCUT2D eigenvalue weighted by molar-refractivity contribution is -0.154. The highest BCUT2D eigenvalue weighted by molar-refractivity contribution is 5.24. The number of aliphatic hydroxyl groups excluding tert-OH is 1. The Kier molecular flexibility index (Phi) is 6.02. The van der Waals surface area contributed by atoms with Crippen LogP contribution in [0.3, 0.4) is 0 Å². The van der Waals surface area contributed by atoms with Gasteiger partial charge in [0.15, 0.2) is 0 Å². The first-order chi connectivity index (χ1) is 9.24. The molecule has 0 saturated carbocycles. The zero-order valence-corrected chi connectivity index (χ0v) is 12.1. The molecule has 5 heteroatoms. The van der Waals surface area contributed by atoms with Crippen molar-refractivity contribution in [1.29, 1.82) is 0 Å². The summed E-state index contributed by atoms with van der Waals surface area (Å²) in [5.74, 6) is 0. The van der Waals surface area contributed by atoms with Gasteiger partial charge in [0.2, 0.25) is 0 Å². The maximum atomic E-state index is 12.6. The number of aryl methyl sites for hydroxylation is 1. The van der Waals surface area contributed by atoms with E-state index in [2.05, 4.69) is 0 Å². The zero-order chi connectivity index (χ0) is 15.3. The number of aliphatic hydroxyl groups is 1. The summed E-state index contributed by atoms with van der Waals surface area (Å²) in [5.41, 5.74) is 1.70. The predicted molar refractivity (Wildman–Crippen MR) is 73.5 cm³/mol. The van der Waals surface area contributed by atoms with Crippen LogP contribution in [0.4, 0.5) is 13.2 Å². The molecule has 0 aliphatic heterocycles. The van der Waals surface area contributed by atoms with E-state index >= 15 is 0 Å². The minimum Gasteiger partial charge on any atom is -0.387 e. The van der Waals surface area contributed by atoms with E-state index in [0.717, 1.165) is 5.56 Å². The topological polar surface area (TPSA) is 23.5 Å². The molecule has 0 aliphatic carbocycles. The minimum atomic E-state index is -4.25. The van der Waals surface area contributed by atoms with Crippen molar-refractivity contribution in [2.75, 3.05) is 13.1 Å². The van der Waals surface area contributed by atoms with Crippen molar-refractivity contribution >= 4 is 0 Å². The fraction of sp³-hybridized carbons (Fsp3) is 0.600. The van der Waals surface area contributed by atoms with Gasteiger partial charge in [0, 0.05) is 6.04 Å². The Labute approximate surface area is 118 Å². The van der Waals surface area contributed by atoms with Crippen LogP contribution in [0.5, 0.6) is 0 Å². The lowest BCUT2D eigenvalue weighted by Crippen LogP contribution is -2.43. The minimum absolute atomic E-state index is 0.309. The van der Waals surface area contributed by atoms with E-state index < -0.39 is 24.9 Å². The highest BCUT2D eigenvalue weighted by Crippen LogP contribution is 2.25. The van der Waals surface area contributed by atoms with Crippen LogP contribution in [-0.2, 0) is 0 Å². The van der Waals surface area contributed by atoms with Crippen molar-refractivity contribution in [2.24, 2.45) is 0 Å². The summed E-state index contributed by atoms with van der Waals surface area (Å²) in [6, 6.07) is 6.63. The highest BCUT2D eigenvalue weighted by Gasteiger charge is 2.34. The first-order valence-electron chi connectivity index (χ1n) is 6.80. The predicted octanol–water partition coefficient (Wildman–Crippen LogP) is 3.69. The normalized spacial score (nSPS) is 15.4. The molecule has 2 unspecified atom stereocenters. The number of hydrogen-bond acceptors (Lipinski definition) is 2. The summed E-state index contributed by atoms with van der Waals surface area (Å²) >= 11 is 0. The van der Waals surface area contributed by atoms with Crippen LogP contribution in [0.15, 0.2) is 24.3 Å². The number of halogens is 3. The largest absolute Gasteiger partial charge is 0.401 e. The summed E-state index contributed by atoms with van der Waals surface area (Å²) in [7, 11) is 0. The van der Waals surface area contributed by atoms with Gasteiger partial charge in [-0.15, -0.1) is 0 Å². The summed E-state index contributed by atoms with van der Waals surface area (Å²) in [6.07, 6.45) is -4.57. The zero-order valence-electron chi connectivity index (χ0n) is 12.1. The molecule has 0 aromatic heterocycles. The molecular formula is C15H22F3NO. The fourth-order valence-corrected chi connectivity index (χ4v) is 2.19. The van der Waals surface area contributed by atoms with Crippen molar-refractivity contribution in [3.8, 4) is 0 Å². The number of nitrogens with zero attached hydrogens (tertiary/aromatic N) is 1. The van der Waals surface area contributed by atoms with Crippen LogP contribution in [0.2, 0.25) is 0 Å². The SMILES string of the molecule is CCCN(CC(F)(F)F)C(C)C(O)c1ccc(C)cc1. The smallest absolute Gasteiger partial charge is 0.387 e. The molecule has 2 nitrogen and oxygen atoms in total. The molecule has 0 spiro atoms. The van der Waals surface area contributed by atoms with Crippen molar-refractivity contribution < 1.29 is 18.3 Å². The monoisotopic (exact) mass is 289 g/mol. The third-order valence-corrected chi connectivity index (χ3v) is 3.34. The van der Waals surface area contributed by atoms with Gasteiger partial charge in [0.25, 0.3) is 0 Å². The Morgan fingerprint density at radius 3 is 2.20 bits per heavy atom. The number of rotatable bonds is 6. The second-order valence-corrected chi connectivity index (χ2v) is 5.18. The number of alkyl halides is 3. The summed E-state index contributed by atoms with van der Waals surface area (Å²) in [6.45, 7) is 4.70. The second kappa shape index (κ2) is 7.09. The maximum absolute atomic E-state index is 12.6. The van der Waals surface area contributed by atoms with Crippen LogP contribution in [0.1, 0.15) is 37.5 Å². The molecule has 20 heavy (non-hydrogen) atoms. The van der Waals surface area contributed by atoms with Gasteiger partial charge < -0.3 is 5.11 Å². The molecule has 0 amide bonds. The van der Waals surface area contributed by atoms with Crippen molar-refractivity contribution in [2.45, 2.75) is 45.5 Å². The average molecular weight is 289 g/mol. The highest BCUT2D eigenvalue weighted by atomic mass is 19.4. The Hall–Kier alpha value is -1.07. The molecule has 0 radical (unpaired) electrons. The van der Waals surface area contributed by atoms with E-state index in [1.165, 1.54) is 4.90 Å². The summed E-state index contributed by atoms with van der Waals surface area (Å²) in [4.78, 5) is 1.28. The molecule has 0 heterocycles. The molecule has 1 aromatic rings. The van der Waals surface area contributed by atoms with Gasteiger partial charge in [-0.05, 0) is 32.4 Å². The Morgan fingerprint density at radius 2 is 1.75 bits per heavy atom. The van der Waals surface area contributed by atoms with Crippen molar-refractivity contribution in [3.05, 3.63) is 35.4 Å². The Bertz CT molecular complexity index is 403. The summed E-state index contributed by atoms with van der Waals surface area (Å²) < 4.78 is 37.8. The molecule has 0 bridgehead atoms. The van der Waals surface area contributed by atoms with E-state index in [4.69, 9.17) is 0 Å². The van der Waals surface area contributed by atoms with Crippen LogP contribution in [0.25, 0.3) is 0 Å². The molecule has 1 rings (SSSR count). The van der Waals surface area contributed by atoms with Gasteiger partial charge in [-0.25, -0.2) is 0 Å². The van der Waals surface area contributed by atoms with Crippen LogP contribution in [0, 0.1) is 6.92 Å². The summed E-state index contributed by atoms with van der Waals surface area (Å²) in [5, 5.41) is 10.3. The molecule has 2 atom stereocenters. The molecule has 1 N–H and O–H groups in total. The van der Waals surface area contributed by atoms with Gasteiger partial charge in [-0.1, -0.05) is 36.8 Å². The van der Waals surface area contributed by atoms with Gasteiger partial charge >= 0.3 is 6.18 Å². The van der Waals surface area contributed by atoms with Crippen molar-refractivity contribution in [3.63, 3.8) is 0 Å². The fourth-order valence-electron chi connectivity index (χ4n) is 2.19. The number of benzene rings is 1. The Balaban J connectivity index is 2.82. The van der Waals surface area contributed by atoms with E-state index in [1.54, 1.807) is 19.1 Å². The van der Waals surface area contributed by atoms with Crippen LogP contribution in [-0.4, -0.2) is 35.3 Å². The van der Waals surface area contributed by atoms with Gasteiger partial charge in [0.1, 0.15) is 0 Å². The van der Waals surface area contributed by atoms with Gasteiger partial charge in [-0.3, -0.25) is 4.90 Å². The quantitative estimate of drug-likeness (QED) is 0.863. The number of hydrogen-bond donors (Lipinski definition) is 1. The third kappa shape index (κ3) is 5.13. The molecule has 0 saturated heterocycles. The average Bonchev–Trinajstić information content (AvgIpc) is 2.36. The van der Waals surface area contributed by atoms with Gasteiger partial charge in [0.05, 0.1) is 12.6 Å². The third-order valence-electron chi connectivity index (χ3n) is 3.34. The first kappa shape index (κ1) is 17.0. The Morgan fingerprint density at radius 1 is 1.20 bits per heavy atom. The van der Waals surface area contributed by atoms with Crippen LogP contribution >= 0.6 is 0 Å². The first-order valence-corrected chi connectivity index (χ1v) is 6.80. The molecule has 0 fully saturated rings. The second-order valence-electron chi connectivity index (χ2n) is 5.18. The standard InChI is InChI=1S/C15H22F3NO/c1-4-9-19(10-15(16,17)18)12(3)14(20)13-7-5-11(2)6-8-13/h5-8,12,14,20H,4,9-10H2,1-3H3. The van der Waals surface area contributed by atoms with E-state index in [1.807, 2.05) is 26.0 Å². The molecular weight excluding hydrogens is 267 g/mol. The molecule has 114 valence electrons.